The predicted octanol–water partition coefficient (Wildman–Crippen LogP) is 2.37. The molecule has 0 aliphatic carbocycles. The van der Waals surface area contributed by atoms with Gasteiger partial charge in [-0.1, -0.05) is 26.8 Å². The molecule has 5 nitrogen and oxygen atoms in total. The number of ether oxygens (including phenoxy) is 1. The average molecular weight is 267 g/mol. The summed E-state index contributed by atoms with van der Waals surface area (Å²) in [6, 6.07) is 3.11. The number of aromatic hydroxyl groups is 2. The molecule has 0 heterocycles. The highest BCUT2D eigenvalue weighted by atomic mass is 16.5. The molecular weight excluding hydrogens is 246 g/mol. The maximum Gasteiger partial charge on any atom is 0.226 e. The van der Waals surface area contributed by atoms with E-state index in [1.807, 2.05) is 20.8 Å². The quantitative estimate of drug-likeness (QED) is 0.732. The van der Waals surface area contributed by atoms with Crippen molar-refractivity contribution in [3.05, 3.63) is 17.7 Å². The Balaban J connectivity index is 3.04. The molecule has 0 aliphatic rings. The molecule has 0 atom stereocenters. The van der Waals surface area contributed by atoms with Crippen LogP contribution in [0.25, 0.3) is 0 Å². The van der Waals surface area contributed by atoms with Crippen LogP contribution >= 0.6 is 0 Å². The Hall–Kier alpha value is -1.75. The molecule has 0 spiro atoms. The van der Waals surface area contributed by atoms with E-state index in [1.165, 1.54) is 13.2 Å². The highest BCUT2D eigenvalue weighted by Gasteiger charge is 2.22. The molecule has 3 N–H and O–H groups in total. The molecule has 0 radical (unpaired) electrons. The van der Waals surface area contributed by atoms with Crippen molar-refractivity contribution in [3.63, 3.8) is 0 Å². The van der Waals surface area contributed by atoms with E-state index in [1.54, 1.807) is 6.07 Å². The molecule has 0 bridgehead atoms. The zero-order valence-electron chi connectivity index (χ0n) is 11.8. The molecule has 5 heteroatoms. The van der Waals surface area contributed by atoms with Crippen molar-refractivity contribution in [1.82, 2.24) is 0 Å². The number of nitrogens with one attached hydrogen (secondary N) is 1. The monoisotopic (exact) mass is 267 g/mol. The molecule has 1 aromatic rings. The van der Waals surface area contributed by atoms with Gasteiger partial charge >= 0.3 is 0 Å². The van der Waals surface area contributed by atoms with Gasteiger partial charge in [0.2, 0.25) is 5.91 Å². The fourth-order valence-corrected chi connectivity index (χ4v) is 1.71. The SMILES string of the molecule is COCCC(=O)Nc1c(O)ccc(C(C)(C)C)c1O. The summed E-state index contributed by atoms with van der Waals surface area (Å²) in [5, 5.41) is 22.4. The number of methoxy groups -OCH3 is 1. The number of amides is 1. The third kappa shape index (κ3) is 3.86. The molecule has 0 unspecified atom stereocenters. The van der Waals surface area contributed by atoms with E-state index in [2.05, 4.69) is 5.32 Å². The molecule has 0 aromatic heterocycles. The number of phenols is 2. The van der Waals surface area contributed by atoms with Crippen molar-refractivity contribution in [1.29, 1.82) is 0 Å². The Morgan fingerprint density at radius 1 is 1.32 bits per heavy atom. The molecule has 0 aliphatic heterocycles. The van der Waals surface area contributed by atoms with Crippen LogP contribution in [-0.4, -0.2) is 29.8 Å². The minimum Gasteiger partial charge on any atom is -0.506 e. The number of hydrogen-bond acceptors (Lipinski definition) is 4. The first kappa shape index (κ1) is 15.3. The van der Waals surface area contributed by atoms with Gasteiger partial charge in [0, 0.05) is 12.7 Å². The third-order valence-corrected chi connectivity index (χ3v) is 2.76. The Bertz CT molecular complexity index is 463. The molecular formula is C14H21NO4. The molecule has 0 saturated carbocycles. The maximum atomic E-state index is 11.6. The minimum absolute atomic E-state index is 0.0496. The Morgan fingerprint density at radius 2 is 1.95 bits per heavy atom. The van der Waals surface area contributed by atoms with Crippen LogP contribution < -0.4 is 5.32 Å². The summed E-state index contributed by atoms with van der Waals surface area (Å²) in [4.78, 5) is 11.6. The highest BCUT2D eigenvalue weighted by molar-refractivity contribution is 5.94. The maximum absolute atomic E-state index is 11.6. The first-order valence-electron chi connectivity index (χ1n) is 6.11. The second-order valence-corrected chi connectivity index (χ2v) is 5.40. The zero-order chi connectivity index (χ0) is 14.6. The molecule has 106 valence electrons. The van der Waals surface area contributed by atoms with E-state index >= 15 is 0 Å². The van der Waals surface area contributed by atoms with E-state index in [0.717, 1.165) is 0 Å². The summed E-state index contributed by atoms with van der Waals surface area (Å²) < 4.78 is 4.80. The second kappa shape index (κ2) is 5.93. The third-order valence-electron chi connectivity index (χ3n) is 2.76. The van der Waals surface area contributed by atoms with Gasteiger partial charge in [-0.05, 0) is 11.5 Å². The number of carbonyl (C=O) groups excluding carboxylic acids is 1. The van der Waals surface area contributed by atoms with E-state index in [4.69, 9.17) is 4.74 Å². The number of anilines is 1. The fraction of sp³-hybridized carbons (Fsp3) is 0.500. The van der Waals surface area contributed by atoms with Crippen LogP contribution in [0.2, 0.25) is 0 Å². The number of carbonyl (C=O) groups is 1. The fourth-order valence-electron chi connectivity index (χ4n) is 1.71. The molecule has 1 amide bonds. The van der Waals surface area contributed by atoms with Gasteiger partial charge in [0.05, 0.1) is 13.0 Å². The van der Waals surface area contributed by atoms with Crippen molar-refractivity contribution < 1.29 is 19.7 Å². The summed E-state index contributed by atoms with van der Waals surface area (Å²) >= 11 is 0. The van der Waals surface area contributed by atoms with Crippen molar-refractivity contribution in [2.75, 3.05) is 19.0 Å². The van der Waals surface area contributed by atoms with Crippen LogP contribution in [0.15, 0.2) is 12.1 Å². The largest absolute Gasteiger partial charge is 0.506 e. The summed E-state index contributed by atoms with van der Waals surface area (Å²) in [7, 11) is 1.50. The topological polar surface area (TPSA) is 78.8 Å². The Kier molecular flexibility index (Phi) is 4.78. The number of benzene rings is 1. The summed E-state index contributed by atoms with van der Waals surface area (Å²) in [5.74, 6) is -0.576. The van der Waals surface area contributed by atoms with Crippen molar-refractivity contribution in [2.45, 2.75) is 32.6 Å². The van der Waals surface area contributed by atoms with Crippen molar-refractivity contribution in [3.8, 4) is 11.5 Å². The average Bonchev–Trinajstić information content (AvgIpc) is 2.30. The van der Waals surface area contributed by atoms with Gasteiger partial charge in [0.1, 0.15) is 17.2 Å². The van der Waals surface area contributed by atoms with Crippen LogP contribution in [0.5, 0.6) is 11.5 Å². The van der Waals surface area contributed by atoms with Gasteiger partial charge in [-0.15, -0.1) is 0 Å². The normalized spacial score (nSPS) is 11.4. The lowest BCUT2D eigenvalue weighted by molar-refractivity contribution is -0.117. The van der Waals surface area contributed by atoms with Crippen LogP contribution in [-0.2, 0) is 14.9 Å². The van der Waals surface area contributed by atoms with Crippen LogP contribution in [0.3, 0.4) is 0 Å². The second-order valence-electron chi connectivity index (χ2n) is 5.40. The van der Waals surface area contributed by atoms with Crippen LogP contribution in [0.4, 0.5) is 5.69 Å². The van der Waals surface area contributed by atoms with E-state index in [9.17, 15) is 15.0 Å². The smallest absolute Gasteiger partial charge is 0.226 e. The first-order valence-corrected chi connectivity index (χ1v) is 6.11. The van der Waals surface area contributed by atoms with Gasteiger partial charge in [-0.2, -0.15) is 0 Å². The van der Waals surface area contributed by atoms with Crippen molar-refractivity contribution in [2.24, 2.45) is 0 Å². The molecule has 0 fully saturated rings. The van der Waals surface area contributed by atoms with Gasteiger partial charge < -0.3 is 20.3 Å². The summed E-state index contributed by atoms with van der Waals surface area (Å²) in [6.07, 6.45) is 0.162. The van der Waals surface area contributed by atoms with Gasteiger partial charge in [0.15, 0.2) is 0 Å². The van der Waals surface area contributed by atoms with Gasteiger partial charge in [0.25, 0.3) is 0 Å². The summed E-state index contributed by atoms with van der Waals surface area (Å²) in [6.45, 7) is 6.10. The summed E-state index contributed by atoms with van der Waals surface area (Å²) in [5.41, 5.74) is 0.421. The van der Waals surface area contributed by atoms with E-state index in [0.29, 0.717) is 5.56 Å². The lowest BCUT2D eigenvalue weighted by atomic mass is 9.86. The van der Waals surface area contributed by atoms with Gasteiger partial charge in [-0.3, -0.25) is 4.79 Å². The van der Waals surface area contributed by atoms with Crippen LogP contribution in [0.1, 0.15) is 32.8 Å². The zero-order valence-corrected chi connectivity index (χ0v) is 11.8. The number of phenolic OH excluding ortho intramolecular Hbond substituents is 2. The lowest BCUT2D eigenvalue weighted by Gasteiger charge is -2.22. The number of hydrogen-bond donors (Lipinski definition) is 3. The lowest BCUT2D eigenvalue weighted by Crippen LogP contribution is -2.16. The first-order chi connectivity index (χ1) is 8.77. The molecule has 0 saturated heterocycles. The highest BCUT2D eigenvalue weighted by Crippen LogP contribution is 2.41. The molecule has 1 rings (SSSR count). The molecule has 19 heavy (non-hydrogen) atoms. The van der Waals surface area contributed by atoms with Crippen LogP contribution in [0, 0.1) is 0 Å². The number of rotatable bonds is 4. The predicted molar refractivity (Wildman–Crippen MR) is 73.6 cm³/mol. The van der Waals surface area contributed by atoms with E-state index < -0.39 is 0 Å². The Labute approximate surface area is 113 Å². The minimum atomic E-state index is -0.321. The van der Waals surface area contributed by atoms with E-state index in [-0.39, 0.29) is 41.5 Å². The van der Waals surface area contributed by atoms with Gasteiger partial charge in [-0.25, -0.2) is 0 Å². The standard InChI is InChI=1S/C14H21NO4/c1-14(2,3)9-5-6-10(16)12(13(9)18)15-11(17)7-8-19-4/h5-6,16,18H,7-8H2,1-4H3,(H,15,17). The molecule has 1 aromatic carbocycles. The Morgan fingerprint density at radius 3 is 2.47 bits per heavy atom. The van der Waals surface area contributed by atoms with Crippen molar-refractivity contribution >= 4 is 11.6 Å².